The molecular formula is C18H26IN3O3S. The van der Waals surface area contributed by atoms with Gasteiger partial charge in [-0.1, -0.05) is 6.07 Å². The van der Waals surface area contributed by atoms with Gasteiger partial charge in [-0.05, 0) is 35.6 Å². The highest BCUT2D eigenvalue weighted by Crippen LogP contribution is 2.38. The van der Waals surface area contributed by atoms with E-state index in [0.29, 0.717) is 23.8 Å². The summed E-state index contributed by atoms with van der Waals surface area (Å²) in [5, 5.41) is 8.70. The molecule has 8 heteroatoms. The Morgan fingerprint density at radius 1 is 1.08 bits per heavy atom. The molecule has 0 saturated heterocycles. The third-order valence-electron chi connectivity index (χ3n) is 3.65. The molecule has 0 aliphatic carbocycles. The van der Waals surface area contributed by atoms with E-state index in [2.05, 4.69) is 33.1 Å². The largest absolute Gasteiger partial charge is 0.493 e. The number of guanidine groups is 1. The number of halogens is 1. The number of hydrogen-bond donors (Lipinski definition) is 2. The van der Waals surface area contributed by atoms with E-state index in [1.807, 2.05) is 12.1 Å². The Morgan fingerprint density at radius 3 is 2.27 bits per heavy atom. The molecule has 0 aliphatic rings. The van der Waals surface area contributed by atoms with E-state index >= 15 is 0 Å². The quantitative estimate of drug-likeness (QED) is 0.337. The summed E-state index contributed by atoms with van der Waals surface area (Å²) < 4.78 is 16.1. The molecule has 6 nitrogen and oxygen atoms in total. The summed E-state index contributed by atoms with van der Waals surface area (Å²) >= 11 is 1.76. The second-order valence-electron chi connectivity index (χ2n) is 5.22. The fourth-order valence-electron chi connectivity index (χ4n) is 2.40. The summed E-state index contributed by atoms with van der Waals surface area (Å²) in [5.41, 5.74) is 1.01. The van der Waals surface area contributed by atoms with Gasteiger partial charge in [0, 0.05) is 25.0 Å². The molecule has 2 rings (SSSR count). The first-order chi connectivity index (χ1) is 12.2. The van der Waals surface area contributed by atoms with Crippen molar-refractivity contribution >= 4 is 41.3 Å². The molecule has 1 heterocycles. The van der Waals surface area contributed by atoms with Gasteiger partial charge in [-0.3, -0.25) is 4.99 Å². The highest BCUT2D eigenvalue weighted by Gasteiger charge is 2.13. The maximum Gasteiger partial charge on any atom is 0.203 e. The van der Waals surface area contributed by atoms with Crippen LogP contribution in [0.4, 0.5) is 0 Å². The second-order valence-corrected chi connectivity index (χ2v) is 6.25. The van der Waals surface area contributed by atoms with Gasteiger partial charge in [-0.25, -0.2) is 0 Å². The molecule has 0 spiro atoms. The Bertz CT molecular complexity index is 668. The molecule has 0 amide bonds. The average Bonchev–Trinajstić information content (AvgIpc) is 3.16. The first-order valence-corrected chi connectivity index (χ1v) is 8.85. The standard InChI is InChI=1S/C18H25N3O3S.HI/c1-19-18(20-8-7-14-6-5-9-25-14)21-12-13-10-15(22-2)17(24-4)16(11-13)23-3;/h5-6,9-11H,7-8,12H2,1-4H3,(H2,19,20,21);1H. The zero-order valence-electron chi connectivity index (χ0n) is 15.5. The molecule has 26 heavy (non-hydrogen) atoms. The predicted octanol–water partition coefficient (Wildman–Crippen LogP) is 3.30. The van der Waals surface area contributed by atoms with Crippen LogP contribution < -0.4 is 24.8 Å². The average molecular weight is 491 g/mol. The predicted molar refractivity (Wildman–Crippen MR) is 118 cm³/mol. The van der Waals surface area contributed by atoms with Crippen molar-refractivity contribution in [1.82, 2.24) is 10.6 Å². The normalized spacial score (nSPS) is 10.7. The summed E-state index contributed by atoms with van der Waals surface area (Å²) in [4.78, 5) is 5.61. The van der Waals surface area contributed by atoms with Crippen molar-refractivity contribution < 1.29 is 14.2 Å². The Labute approximate surface area is 176 Å². The summed E-state index contributed by atoms with van der Waals surface area (Å²) in [6, 6.07) is 8.05. The maximum absolute atomic E-state index is 5.38. The lowest BCUT2D eigenvalue weighted by molar-refractivity contribution is 0.323. The molecule has 2 aromatic rings. The lowest BCUT2D eigenvalue weighted by Crippen LogP contribution is -2.37. The molecule has 0 bridgehead atoms. The van der Waals surface area contributed by atoms with Crippen LogP contribution in [0.25, 0.3) is 0 Å². The molecule has 144 valence electrons. The van der Waals surface area contributed by atoms with E-state index in [9.17, 15) is 0 Å². The van der Waals surface area contributed by atoms with Crippen LogP contribution in [-0.4, -0.2) is 40.9 Å². The number of ether oxygens (including phenoxy) is 3. The first-order valence-electron chi connectivity index (χ1n) is 7.97. The highest BCUT2D eigenvalue weighted by molar-refractivity contribution is 14.0. The van der Waals surface area contributed by atoms with Crippen molar-refractivity contribution in [3.05, 3.63) is 40.1 Å². The maximum atomic E-state index is 5.38. The summed E-state index contributed by atoms with van der Waals surface area (Å²) in [6.07, 6.45) is 0.975. The molecule has 1 aromatic heterocycles. The Balaban J connectivity index is 0.00000338. The van der Waals surface area contributed by atoms with Gasteiger partial charge in [0.05, 0.1) is 21.3 Å². The second kappa shape index (κ2) is 11.8. The fourth-order valence-corrected chi connectivity index (χ4v) is 3.11. The number of benzene rings is 1. The third-order valence-corrected chi connectivity index (χ3v) is 4.59. The molecule has 0 radical (unpaired) electrons. The van der Waals surface area contributed by atoms with E-state index in [1.54, 1.807) is 39.7 Å². The van der Waals surface area contributed by atoms with E-state index in [1.165, 1.54) is 4.88 Å². The van der Waals surface area contributed by atoms with Crippen LogP contribution in [0.3, 0.4) is 0 Å². The topological polar surface area (TPSA) is 64.1 Å². The van der Waals surface area contributed by atoms with Gasteiger partial charge in [0.2, 0.25) is 5.75 Å². The molecule has 2 N–H and O–H groups in total. The molecule has 0 fully saturated rings. The van der Waals surface area contributed by atoms with Crippen LogP contribution in [0.1, 0.15) is 10.4 Å². The van der Waals surface area contributed by atoms with E-state index in [-0.39, 0.29) is 24.0 Å². The zero-order valence-corrected chi connectivity index (χ0v) is 18.6. The number of methoxy groups -OCH3 is 3. The van der Waals surface area contributed by atoms with Crippen molar-refractivity contribution in [2.24, 2.45) is 4.99 Å². The van der Waals surface area contributed by atoms with E-state index in [0.717, 1.165) is 24.5 Å². The van der Waals surface area contributed by atoms with Gasteiger partial charge < -0.3 is 24.8 Å². The lowest BCUT2D eigenvalue weighted by Gasteiger charge is -2.15. The molecule has 0 atom stereocenters. The SMILES string of the molecule is CN=C(NCCc1cccs1)NCc1cc(OC)c(OC)c(OC)c1.I. The highest BCUT2D eigenvalue weighted by atomic mass is 127. The molecular weight excluding hydrogens is 465 g/mol. The van der Waals surface area contributed by atoms with Gasteiger partial charge in [0.1, 0.15) is 0 Å². The van der Waals surface area contributed by atoms with Crippen molar-refractivity contribution in [3.8, 4) is 17.2 Å². The van der Waals surface area contributed by atoms with Gasteiger partial charge in [0.15, 0.2) is 17.5 Å². The van der Waals surface area contributed by atoms with Gasteiger partial charge in [-0.15, -0.1) is 35.3 Å². The third kappa shape index (κ3) is 6.24. The van der Waals surface area contributed by atoms with Crippen molar-refractivity contribution in [2.75, 3.05) is 34.9 Å². The minimum absolute atomic E-state index is 0. The van der Waals surface area contributed by atoms with Crippen LogP contribution in [0, 0.1) is 0 Å². The number of hydrogen-bond acceptors (Lipinski definition) is 5. The van der Waals surface area contributed by atoms with Gasteiger partial charge in [-0.2, -0.15) is 0 Å². The molecule has 1 aromatic carbocycles. The smallest absolute Gasteiger partial charge is 0.203 e. The summed E-state index contributed by atoms with van der Waals surface area (Å²) in [7, 11) is 6.58. The van der Waals surface area contributed by atoms with Gasteiger partial charge in [0.25, 0.3) is 0 Å². The zero-order chi connectivity index (χ0) is 18.1. The van der Waals surface area contributed by atoms with Crippen LogP contribution in [-0.2, 0) is 13.0 Å². The Hall–Kier alpha value is -1.68. The number of thiophene rings is 1. The van der Waals surface area contributed by atoms with Crippen molar-refractivity contribution in [3.63, 3.8) is 0 Å². The lowest BCUT2D eigenvalue weighted by atomic mass is 10.2. The number of rotatable bonds is 8. The first kappa shape index (κ1) is 22.4. The summed E-state index contributed by atoms with van der Waals surface area (Å²) in [5.74, 6) is 2.62. The number of nitrogens with one attached hydrogen (secondary N) is 2. The fraction of sp³-hybridized carbons (Fsp3) is 0.389. The van der Waals surface area contributed by atoms with Crippen LogP contribution in [0.15, 0.2) is 34.6 Å². The van der Waals surface area contributed by atoms with E-state index < -0.39 is 0 Å². The van der Waals surface area contributed by atoms with Crippen LogP contribution >= 0.6 is 35.3 Å². The minimum Gasteiger partial charge on any atom is -0.493 e. The van der Waals surface area contributed by atoms with Gasteiger partial charge >= 0.3 is 0 Å². The number of nitrogens with zero attached hydrogens (tertiary/aromatic N) is 1. The van der Waals surface area contributed by atoms with Crippen molar-refractivity contribution in [2.45, 2.75) is 13.0 Å². The minimum atomic E-state index is 0. The van der Waals surface area contributed by atoms with Crippen LogP contribution in [0.2, 0.25) is 0 Å². The Morgan fingerprint density at radius 2 is 1.77 bits per heavy atom. The van der Waals surface area contributed by atoms with E-state index in [4.69, 9.17) is 14.2 Å². The summed E-state index contributed by atoms with van der Waals surface area (Å²) in [6.45, 7) is 1.42. The molecule has 0 saturated carbocycles. The Kier molecular flexibility index (Phi) is 10.2. The molecule has 0 aliphatic heterocycles. The van der Waals surface area contributed by atoms with Crippen molar-refractivity contribution in [1.29, 1.82) is 0 Å². The van der Waals surface area contributed by atoms with Crippen LogP contribution in [0.5, 0.6) is 17.2 Å². The number of aliphatic imine (C=N–C) groups is 1. The monoisotopic (exact) mass is 491 g/mol. The molecule has 0 unspecified atom stereocenters.